The molecule has 0 amide bonds. The normalized spacial score (nSPS) is 28.8. The van der Waals surface area contributed by atoms with Gasteiger partial charge in [0.1, 0.15) is 30.2 Å². The summed E-state index contributed by atoms with van der Waals surface area (Å²) in [5, 5.41) is 72.3. The van der Waals surface area contributed by atoms with Crippen molar-refractivity contribution < 1.29 is 50.0 Å². The minimum absolute atomic E-state index is 0.0770. The SMILES string of the molecule is COc1cc2c(cc1O)CCN1[C@H](Cc3ccc(O)cc3)c3c(ccc(O)c3O[C@H]3O[C@@H](CO)[C@H](O)[C@H](O)[C@@H]3O)C[C@@H]21. The fraction of sp³-hybridized carbons (Fsp3) is 0.419. The standard InChI is InChI=1S/C31H35NO10/c1-40-24-13-19-16(12-23(24)36)8-9-32-20(19)11-17-4-7-22(35)30(26(17)21(32)10-15-2-5-18(34)6-3-15)42-31-29(39)28(38)27(37)25(14-33)41-31/h2-7,12-13,20-21,25,27-29,31,33-39H,8-11,14H2,1H3/t20-,21+,25-,27-,28-,29-,31+/m0/s1. The van der Waals surface area contributed by atoms with Crippen LogP contribution in [0.25, 0.3) is 0 Å². The molecular weight excluding hydrogens is 546 g/mol. The summed E-state index contributed by atoms with van der Waals surface area (Å²) in [4.78, 5) is 2.31. The summed E-state index contributed by atoms with van der Waals surface area (Å²) in [6.45, 7) is 0.0296. The predicted molar refractivity (Wildman–Crippen MR) is 149 cm³/mol. The Morgan fingerprint density at radius 1 is 0.905 bits per heavy atom. The van der Waals surface area contributed by atoms with Crippen LogP contribution in [0, 0.1) is 0 Å². The Bertz CT molecular complexity index is 1440. The number of nitrogens with zero attached hydrogens (tertiary/aromatic N) is 1. The molecule has 1 fully saturated rings. The molecule has 0 radical (unpaired) electrons. The van der Waals surface area contributed by atoms with Gasteiger partial charge >= 0.3 is 0 Å². The van der Waals surface area contributed by atoms with Crippen LogP contribution in [-0.2, 0) is 24.0 Å². The molecular formula is C31H35NO10. The van der Waals surface area contributed by atoms with Gasteiger partial charge in [-0.3, -0.25) is 4.90 Å². The average Bonchev–Trinajstić information content (AvgIpc) is 2.99. The summed E-state index contributed by atoms with van der Waals surface area (Å²) in [6, 6.07) is 13.4. The molecule has 3 aromatic rings. The fourth-order valence-corrected chi connectivity index (χ4v) is 6.53. The molecule has 7 N–H and O–H groups in total. The maximum atomic E-state index is 11.1. The number of fused-ring (bicyclic) bond motifs is 4. The predicted octanol–water partition coefficient (Wildman–Crippen LogP) is 1.43. The van der Waals surface area contributed by atoms with Gasteiger partial charge in [-0.15, -0.1) is 0 Å². The molecule has 3 aliphatic rings. The van der Waals surface area contributed by atoms with Crippen LogP contribution >= 0.6 is 0 Å². The molecule has 6 rings (SSSR count). The zero-order valence-electron chi connectivity index (χ0n) is 23.0. The Hall–Kier alpha value is -3.58. The lowest BCUT2D eigenvalue weighted by Gasteiger charge is -2.48. The van der Waals surface area contributed by atoms with Crippen molar-refractivity contribution in [1.82, 2.24) is 4.90 Å². The van der Waals surface area contributed by atoms with Crippen LogP contribution in [0.15, 0.2) is 48.5 Å². The summed E-state index contributed by atoms with van der Waals surface area (Å²) < 4.78 is 17.1. The van der Waals surface area contributed by atoms with Crippen molar-refractivity contribution in [3.05, 3.63) is 76.3 Å². The third kappa shape index (κ3) is 4.91. The van der Waals surface area contributed by atoms with E-state index in [2.05, 4.69) is 4.90 Å². The molecule has 42 heavy (non-hydrogen) atoms. The molecule has 0 spiro atoms. The average molecular weight is 582 g/mol. The van der Waals surface area contributed by atoms with E-state index in [1.807, 2.05) is 24.3 Å². The molecule has 0 saturated carbocycles. The summed E-state index contributed by atoms with van der Waals surface area (Å²) in [7, 11) is 1.51. The maximum absolute atomic E-state index is 11.1. The first-order chi connectivity index (χ1) is 20.2. The van der Waals surface area contributed by atoms with Crippen molar-refractivity contribution in [2.45, 2.75) is 62.1 Å². The van der Waals surface area contributed by atoms with Gasteiger partial charge in [0.2, 0.25) is 6.29 Å². The Balaban J connectivity index is 1.45. The van der Waals surface area contributed by atoms with E-state index in [1.165, 1.54) is 13.2 Å². The molecule has 1 saturated heterocycles. The number of aromatic hydroxyl groups is 3. The zero-order chi connectivity index (χ0) is 29.7. The smallest absolute Gasteiger partial charge is 0.229 e. The molecule has 3 aliphatic heterocycles. The highest BCUT2D eigenvalue weighted by molar-refractivity contribution is 5.56. The Labute approximate surface area is 242 Å². The third-order valence-electron chi connectivity index (χ3n) is 8.70. The lowest BCUT2D eigenvalue weighted by Crippen LogP contribution is -2.60. The number of hydrogen-bond acceptors (Lipinski definition) is 11. The number of phenolic OH excluding ortho intramolecular Hbond substituents is 3. The van der Waals surface area contributed by atoms with E-state index >= 15 is 0 Å². The Morgan fingerprint density at radius 3 is 2.38 bits per heavy atom. The molecule has 3 aromatic carbocycles. The summed E-state index contributed by atoms with van der Waals surface area (Å²) in [6.07, 6.45) is -5.77. The van der Waals surface area contributed by atoms with Crippen LogP contribution in [0.3, 0.4) is 0 Å². The van der Waals surface area contributed by atoms with Crippen molar-refractivity contribution in [2.24, 2.45) is 0 Å². The number of hydrogen-bond donors (Lipinski definition) is 7. The number of aliphatic hydroxyl groups excluding tert-OH is 4. The number of ether oxygens (including phenoxy) is 3. The maximum Gasteiger partial charge on any atom is 0.229 e. The topological polar surface area (TPSA) is 173 Å². The molecule has 0 unspecified atom stereocenters. The largest absolute Gasteiger partial charge is 0.508 e. The van der Waals surface area contributed by atoms with E-state index < -0.39 is 37.3 Å². The van der Waals surface area contributed by atoms with Crippen molar-refractivity contribution in [2.75, 3.05) is 20.3 Å². The molecule has 3 heterocycles. The molecule has 0 aliphatic carbocycles. The summed E-state index contributed by atoms with van der Waals surface area (Å²) in [5.41, 5.74) is 4.56. The number of benzene rings is 3. The summed E-state index contributed by atoms with van der Waals surface area (Å²) in [5.74, 6) is 0.497. The van der Waals surface area contributed by atoms with Gasteiger partial charge in [0.05, 0.1) is 13.7 Å². The van der Waals surface area contributed by atoms with E-state index in [0.29, 0.717) is 37.1 Å². The first-order valence-electron chi connectivity index (χ1n) is 14.0. The highest BCUT2D eigenvalue weighted by Gasteiger charge is 2.46. The highest BCUT2D eigenvalue weighted by Crippen LogP contribution is 2.51. The van der Waals surface area contributed by atoms with Gasteiger partial charge in [-0.2, -0.15) is 0 Å². The van der Waals surface area contributed by atoms with Crippen LogP contribution in [0.4, 0.5) is 0 Å². The minimum Gasteiger partial charge on any atom is -0.508 e. The fourth-order valence-electron chi connectivity index (χ4n) is 6.53. The second-order valence-electron chi connectivity index (χ2n) is 11.1. The highest BCUT2D eigenvalue weighted by atomic mass is 16.7. The van der Waals surface area contributed by atoms with Crippen molar-refractivity contribution in [3.63, 3.8) is 0 Å². The van der Waals surface area contributed by atoms with Crippen LogP contribution in [0.1, 0.15) is 39.9 Å². The monoisotopic (exact) mass is 581 g/mol. The lowest BCUT2D eigenvalue weighted by atomic mass is 9.78. The number of phenols is 3. The molecule has 0 bridgehead atoms. The van der Waals surface area contributed by atoms with Gasteiger partial charge < -0.3 is 50.0 Å². The minimum atomic E-state index is -1.65. The van der Waals surface area contributed by atoms with Crippen molar-refractivity contribution in [3.8, 4) is 28.7 Å². The number of methoxy groups -OCH3 is 1. The van der Waals surface area contributed by atoms with Crippen LogP contribution in [0.5, 0.6) is 28.7 Å². The molecule has 11 heteroatoms. The first-order valence-corrected chi connectivity index (χ1v) is 14.0. The van der Waals surface area contributed by atoms with Gasteiger partial charge in [0.25, 0.3) is 0 Å². The quantitative estimate of drug-likeness (QED) is 0.225. The second-order valence-corrected chi connectivity index (χ2v) is 11.1. The van der Waals surface area contributed by atoms with E-state index in [4.69, 9.17) is 14.2 Å². The van der Waals surface area contributed by atoms with Crippen molar-refractivity contribution >= 4 is 0 Å². The van der Waals surface area contributed by atoms with E-state index in [0.717, 1.165) is 22.3 Å². The second kappa shape index (κ2) is 11.3. The Kier molecular flexibility index (Phi) is 7.64. The van der Waals surface area contributed by atoms with E-state index in [1.54, 1.807) is 18.2 Å². The van der Waals surface area contributed by atoms with Crippen LogP contribution in [0.2, 0.25) is 0 Å². The van der Waals surface area contributed by atoms with Crippen LogP contribution in [-0.4, -0.2) is 91.6 Å². The van der Waals surface area contributed by atoms with E-state index in [9.17, 15) is 35.7 Å². The summed E-state index contributed by atoms with van der Waals surface area (Å²) >= 11 is 0. The van der Waals surface area contributed by atoms with Gasteiger partial charge in [0.15, 0.2) is 23.0 Å². The third-order valence-corrected chi connectivity index (χ3v) is 8.70. The van der Waals surface area contributed by atoms with E-state index in [-0.39, 0.29) is 35.1 Å². The lowest BCUT2D eigenvalue weighted by molar-refractivity contribution is -0.277. The van der Waals surface area contributed by atoms with Gasteiger partial charge in [-0.1, -0.05) is 18.2 Å². The Morgan fingerprint density at radius 2 is 1.67 bits per heavy atom. The zero-order valence-corrected chi connectivity index (χ0v) is 23.0. The molecule has 7 atom stereocenters. The van der Waals surface area contributed by atoms with Crippen molar-refractivity contribution in [1.29, 1.82) is 0 Å². The molecule has 11 nitrogen and oxygen atoms in total. The number of rotatable bonds is 6. The number of aliphatic hydroxyl groups is 4. The van der Waals surface area contributed by atoms with Gasteiger partial charge in [-0.05, 0) is 71.8 Å². The van der Waals surface area contributed by atoms with Gasteiger partial charge in [0, 0.05) is 24.2 Å². The molecule has 0 aromatic heterocycles. The van der Waals surface area contributed by atoms with Gasteiger partial charge in [-0.25, -0.2) is 0 Å². The molecule has 224 valence electrons. The van der Waals surface area contributed by atoms with Crippen LogP contribution < -0.4 is 9.47 Å². The first kappa shape index (κ1) is 28.5.